The molecule has 0 bridgehead atoms. The van der Waals surface area contributed by atoms with Crippen LogP contribution >= 0.6 is 51.5 Å². The average molecular weight is 280 g/mol. The lowest BCUT2D eigenvalue weighted by molar-refractivity contribution is 1.73. The van der Waals surface area contributed by atoms with Crippen LogP contribution in [0.1, 0.15) is 0 Å². The monoisotopic (exact) mass is 278 g/mol. The summed E-state index contributed by atoms with van der Waals surface area (Å²) in [5, 5.41) is 1.84. The van der Waals surface area contributed by atoms with Crippen molar-refractivity contribution >= 4 is 61.6 Å². The SMILES string of the molecule is Sc1cc2c(Cl)c(Br)ccc2s1. The van der Waals surface area contributed by atoms with E-state index >= 15 is 0 Å². The van der Waals surface area contributed by atoms with E-state index < -0.39 is 0 Å². The summed E-state index contributed by atoms with van der Waals surface area (Å²) < 4.78 is 3.10. The fourth-order valence-electron chi connectivity index (χ4n) is 1.04. The minimum Gasteiger partial charge on any atom is -0.133 e. The van der Waals surface area contributed by atoms with Gasteiger partial charge in [-0.1, -0.05) is 11.6 Å². The van der Waals surface area contributed by atoms with E-state index in [1.807, 2.05) is 18.2 Å². The Morgan fingerprint density at radius 3 is 2.92 bits per heavy atom. The molecule has 0 N–H and O–H groups in total. The van der Waals surface area contributed by atoms with Crippen LogP contribution in [0.25, 0.3) is 10.1 Å². The van der Waals surface area contributed by atoms with Gasteiger partial charge in [0.2, 0.25) is 0 Å². The smallest absolute Gasteiger partial charge is 0.0635 e. The van der Waals surface area contributed by atoms with Crippen molar-refractivity contribution in [1.82, 2.24) is 0 Å². The molecule has 12 heavy (non-hydrogen) atoms. The van der Waals surface area contributed by atoms with Crippen LogP contribution in [0.5, 0.6) is 0 Å². The van der Waals surface area contributed by atoms with Gasteiger partial charge >= 0.3 is 0 Å². The van der Waals surface area contributed by atoms with Crippen molar-refractivity contribution in [2.24, 2.45) is 0 Å². The molecule has 0 spiro atoms. The first-order chi connectivity index (χ1) is 5.68. The second-order valence-electron chi connectivity index (χ2n) is 2.36. The van der Waals surface area contributed by atoms with Gasteiger partial charge in [0.1, 0.15) is 0 Å². The Morgan fingerprint density at radius 2 is 2.17 bits per heavy atom. The van der Waals surface area contributed by atoms with E-state index in [1.54, 1.807) is 11.3 Å². The second-order valence-corrected chi connectivity index (χ2v) is 5.46. The number of thiol groups is 1. The van der Waals surface area contributed by atoms with Crippen LogP contribution in [0, 0.1) is 0 Å². The highest BCUT2D eigenvalue weighted by atomic mass is 79.9. The number of hydrogen-bond acceptors (Lipinski definition) is 2. The molecule has 0 fully saturated rings. The first kappa shape index (κ1) is 8.88. The number of benzene rings is 1. The standard InChI is InChI=1S/C8H4BrClS2/c9-5-1-2-6-4(8(5)10)3-7(11)12-6/h1-3,11H. The Labute approximate surface area is 93.1 Å². The second kappa shape index (κ2) is 3.22. The summed E-state index contributed by atoms with van der Waals surface area (Å²) in [5.74, 6) is 0. The van der Waals surface area contributed by atoms with E-state index in [9.17, 15) is 0 Å². The quantitative estimate of drug-likeness (QED) is 0.669. The maximum Gasteiger partial charge on any atom is 0.0635 e. The van der Waals surface area contributed by atoms with E-state index in [4.69, 9.17) is 11.6 Å². The van der Waals surface area contributed by atoms with Crippen molar-refractivity contribution < 1.29 is 0 Å². The summed E-state index contributed by atoms with van der Waals surface area (Å²) in [6.07, 6.45) is 0. The first-order valence-electron chi connectivity index (χ1n) is 3.25. The van der Waals surface area contributed by atoms with Gasteiger partial charge in [-0.2, -0.15) is 0 Å². The van der Waals surface area contributed by atoms with Crippen LogP contribution in [0.2, 0.25) is 5.02 Å². The zero-order chi connectivity index (χ0) is 8.72. The van der Waals surface area contributed by atoms with Crippen molar-refractivity contribution in [2.75, 3.05) is 0 Å². The molecule has 4 heteroatoms. The Balaban J connectivity index is 2.89. The van der Waals surface area contributed by atoms with E-state index in [0.29, 0.717) is 0 Å². The molecule has 0 amide bonds. The molecule has 1 aromatic heterocycles. The Bertz CT molecular complexity index is 436. The summed E-state index contributed by atoms with van der Waals surface area (Å²) in [5.41, 5.74) is 0. The Hall–Kier alpha value is 0.300. The molecule has 0 aliphatic heterocycles. The predicted molar refractivity (Wildman–Crippen MR) is 61.8 cm³/mol. The van der Waals surface area contributed by atoms with E-state index in [2.05, 4.69) is 28.6 Å². The maximum absolute atomic E-state index is 6.07. The summed E-state index contributed by atoms with van der Waals surface area (Å²) in [6.45, 7) is 0. The molecule has 2 aromatic rings. The van der Waals surface area contributed by atoms with Gasteiger partial charge in [-0.15, -0.1) is 24.0 Å². The Kier molecular flexibility index (Phi) is 2.38. The van der Waals surface area contributed by atoms with Crippen LogP contribution < -0.4 is 0 Å². The number of halogens is 2. The summed E-state index contributed by atoms with van der Waals surface area (Å²) in [4.78, 5) is 0. The van der Waals surface area contributed by atoms with Crippen molar-refractivity contribution in [2.45, 2.75) is 4.21 Å². The first-order valence-corrected chi connectivity index (χ1v) is 5.68. The highest BCUT2D eigenvalue weighted by Crippen LogP contribution is 2.36. The number of thiophene rings is 1. The van der Waals surface area contributed by atoms with Gasteiger partial charge in [0.15, 0.2) is 0 Å². The fraction of sp³-hybridized carbons (Fsp3) is 0. The maximum atomic E-state index is 6.07. The summed E-state index contributed by atoms with van der Waals surface area (Å²) in [7, 11) is 0. The molecule has 1 aromatic carbocycles. The molecular formula is C8H4BrClS2. The molecule has 0 radical (unpaired) electrons. The molecular weight excluding hydrogens is 276 g/mol. The van der Waals surface area contributed by atoms with Crippen LogP contribution in [-0.4, -0.2) is 0 Å². The topological polar surface area (TPSA) is 0 Å². The third kappa shape index (κ3) is 1.39. The average Bonchev–Trinajstić information content (AvgIpc) is 2.39. The van der Waals surface area contributed by atoms with Crippen LogP contribution in [0.4, 0.5) is 0 Å². The van der Waals surface area contributed by atoms with Gasteiger partial charge in [0, 0.05) is 14.6 Å². The van der Waals surface area contributed by atoms with Crippen molar-refractivity contribution in [3.05, 3.63) is 27.7 Å². The zero-order valence-electron chi connectivity index (χ0n) is 5.84. The minimum absolute atomic E-state index is 0.768. The molecule has 0 saturated carbocycles. The van der Waals surface area contributed by atoms with E-state index in [0.717, 1.165) is 19.1 Å². The molecule has 0 nitrogen and oxygen atoms in total. The van der Waals surface area contributed by atoms with Crippen molar-refractivity contribution in [3.63, 3.8) is 0 Å². The third-order valence-corrected chi connectivity index (χ3v) is 4.18. The van der Waals surface area contributed by atoms with Gasteiger partial charge in [-0.05, 0) is 34.1 Å². The summed E-state index contributed by atoms with van der Waals surface area (Å²) >= 11 is 15.3. The molecule has 0 aliphatic rings. The van der Waals surface area contributed by atoms with Gasteiger partial charge in [0.05, 0.1) is 9.23 Å². The van der Waals surface area contributed by atoms with Gasteiger partial charge in [-0.3, -0.25) is 0 Å². The predicted octanol–water partition coefficient (Wildman–Crippen LogP) is 4.61. The minimum atomic E-state index is 0.768. The Morgan fingerprint density at radius 1 is 1.42 bits per heavy atom. The fourth-order valence-corrected chi connectivity index (χ4v) is 2.89. The molecule has 0 saturated heterocycles. The van der Waals surface area contributed by atoms with Crippen molar-refractivity contribution in [3.8, 4) is 0 Å². The molecule has 2 rings (SSSR count). The van der Waals surface area contributed by atoms with Gasteiger partial charge < -0.3 is 0 Å². The van der Waals surface area contributed by atoms with Gasteiger partial charge in [-0.25, -0.2) is 0 Å². The van der Waals surface area contributed by atoms with Gasteiger partial charge in [0.25, 0.3) is 0 Å². The van der Waals surface area contributed by atoms with Crippen LogP contribution in [0.15, 0.2) is 26.9 Å². The van der Waals surface area contributed by atoms with E-state index in [1.165, 1.54) is 4.70 Å². The zero-order valence-corrected chi connectivity index (χ0v) is 9.90. The lowest BCUT2D eigenvalue weighted by Gasteiger charge is -1.95. The molecule has 0 unspecified atom stereocenters. The number of hydrogen-bond donors (Lipinski definition) is 1. The highest BCUT2D eigenvalue weighted by Gasteiger charge is 2.05. The van der Waals surface area contributed by atoms with Crippen molar-refractivity contribution in [1.29, 1.82) is 0 Å². The highest BCUT2D eigenvalue weighted by molar-refractivity contribution is 9.10. The largest absolute Gasteiger partial charge is 0.133 e. The lowest BCUT2D eigenvalue weighted by Crippen LogP contribution is -1.68. The molecule has 0 aliphatic carbocycles. The molecule has 62 valence electrons. The molecule has 0 atom stereocenters. The normalized spacial score (nSPS) is 10.9. The van der Waals surface area contributed by atoms with E-state index in [-0.39, 0.29) is 0 Å². The third-order valence-electron chi connectivity index (χ3n) is 1.57. The molecule has 1 heterocycles. The lowest BCUT2D eigenvalue weighted by atomic mass is 10.3. The number of fused-ring (bicyclic) bond motifs is 1. The van der Waals surface area contributed by atoms with Crippen LogP contribution in [-0.2, 0) is 0 Å². The van der Waals surface area contributed by atoms with Crippen LogP contribution in [0.3, 0.4) is 0 Å². The number of rotatable bonds is 0. The summed E-state index contributed by atoms with van der Waals surface area (Å²) in [6, 6.07) is 5.97.